The maximum atomic E-state index is 13.5. The van der Waals surface area contributed by atoms with Gasteiger partial charge in [0.1, 0.15) is 11.6 Å². The summed E-state index contributed by atoms with van der Waals surface area (Å²) in [5.41, 5.74) is 1.89. The molecule has 1 heterocycles. The van der Waals surface area contributed by atoms with E-state index in [4.69, 9.17) is 0 Å². The Balaban J connectivity index is 2.68. The highest BCUT2D eigenvalue weighted by molar-refractivity contribution is 5.46. The third kappa shape index (κ3) is 2.08. The van der Waals surface area contributed by atoms with Gasteiger partial charge >= 0.3 is 0 Å². The Morgan fingerprint density at radius 1 is 1.35 bits per heavy atom. The summed E-state index contributed by atoms with van der Waals surface area (Å²) in [4.78, 5) is 4.13. The molecular formula is C13H15FN2O. The standard InChI is InChI=1S/C13H15FN2O/c1-8-6-13(16-5-4-15-10(16)3)11(9(2)17)7-12(8)14/h4-7,9,17H,1-3H3. The van der Waals surface area contributed by atoms with E-state index in [-0.39, 0.29) is 5.82 Å². The Morgan fingerprint density at radius 2 is 2.06 bits per heavy atom. The smallest absolute Gasteiger partial charge is 0.126 e. The summed E-state index contributed by atoms with van der Waals surface area (Å²) >= 11 is 0. The molecule has 2 aromatic rings. The molecule has 1 aromatic heterocycles. The van der Waals surface area contributed by atoms with Gasteiger partial charge < -0.3 is 9.67 Å². The number of imidazole rings is 1. The average Bonchev–Trinajstić information content (AvgIpc) is 2.67. The molecule has 90 valence electrons. The lowest BCUT2D eigenvalue weighted by Crippen LogP contribution is -2.05. The molecule has 1 atom stereocenters. The van der Waals surface area contributed by atoms with Crippen LogP contribution in [0.15, 0.2) is 24.5 Å². The zero-order chi connectivity index (χ0) is 12.6. The Morgan fingerprint density at radius 3 is 2.59 bits per heavy atom. The number of aryl methyl sites for hydroxylation is 2. The van der Waals surface area contributed by atoms with Crippen LogP contribution in [0.2, 0.25) is 0 Å². The first-order valence-electron chi connectivity index (χ1n) is 5.49. The van der Waals surface area contributed by atoms with E-state index < -0.39 is 6.10 Å². The number of aliphatic hydroxyl groups excluding tert-OH is 1. The molecule has 0 radical (unpaired) electrons. The van der Waals surface area contributed by atoms with Gasteiger partial charge in [-0.25, -0.2) is 9.37 Å². The lowest BCUT2D eigenvalue weighted by atomic mass is 10.0. The van der Waals surface area contributed by atoms with Gasteiger partial charge in [-0.15, -0.1) is 0 Å². The fourth-order valence-electron chi connectivity index (χ4n) is 1.86. The number of rotatable bonds is 2. The molecule has 0 amide bonds. The number of halogens is 1. The maximum absolute atomic E-state index is 13.5. The van der Waals surface area contributed by atoms with Crippen molar-refractivity contribution < 1.29 is 9.50 Å². The van der Waals surface area contributed by atoms with Crippen molar-refractivity contribution in [2.75, 3.05) is 0 Å². The monoisotopic (exact) mass is 234 g/mol. The Hall–Kier alpha value is -1.68. The molecule has 3 nitrogen and oxygen atoms in total. The van der Waals surface area contributed by atoms with Gasteiger partial charge in [-0.3, -0.25) is 0 Å². The predicted molar refractivity (Wildman–Crippen MR) is 63.6 cm³/mol. The highest BCUT2D eigenvalue weighted by Gasteiger charge is 2.14. The van der Waals surface area contributed by atoms with Gasteiger partial charge in [0.05, 0.1) is 11.8 Å². The van der Waals surface area contributed by atoms with Gasteiger partial charge in [0.25, 0.3) is 0 Å². The summed E-state index contributed by atoms with van der Waals surface area (Å²) in [5, 5.41) is 9.71. The van der Waals surface area contributed by atoms with Crippen LogP contribution in [0.3, 0.4) is 0 Å². The SMILES string of the molecule is Cc1cc(-n2ccnc2C)c(C(C)O)cc1F. The molecule has 0 aliphatic rings. The molecule has 1 N–H and O–H groups in total. The van der Waals surface area contributed by atoms with Crippen LogP contribution in [0.25, 0.3) is 5.69 Å². The Labute approximate surface area is 99.5 Å². The number of hydrogen-bond acceptors (Lipinski definition) is 2. The molecule has 1 aromatic carbocycles. The minimum absolute atomic E-state index is 0.303. The molecule has 17 heavy (non-hydrogen) atoms. The Bertz CT molecular complexity index is 546. The van der Waals surface area contributed by atoms with Gasteiger partial charge in [0.15, 0.2) is 0 Å². The molecule has 0 aliphatic heterocycles. The van der Waals surface area contributed by atoms with Crippen molar-refractivity contribution in [1.29, 1.82) is 0 Å². The number of benzene rings is 1. The van der Waals surface area contributed by atoms with Crippen LogP contribution in [-0.2, 0) is 0 Å². The molecule has 0 bridgehead atoms. The summed E-state index contributed by atoms with van der Waals surface area (Å²) in [7, 11) is 0. The van der Waals surface area contributed by atoms with Crippen molar-refractivity contribution in [3.8, 4) is 5.69 Å². The average molecular weight is 234 g/mol. The van der Waals surface area contributed by atoms with Crippen molar-refractivity contribution in [3.63, 3.8) is 0 Å². The number of aliphatic hydroxyl groups is 1. The third-order valence-corrected chi connectivity index (χ3v) is 2.84. The van der Waals surface area contributed by atoms with Gasteiger partial charge in [-0.1, -0.05) is 0 Å². The normalized spacial score (nSPS) is 12.8. The van der Waals surface area contributed by atoms with E-state index in [0.29, 0.717) is 11.1 Å². The van der Waals surface area contributed by atoms with Crippen molar-refractivity contribution in [3.05, 3.63) is 47.3 Å². The summed E-state index contributed by atoms with van der Waals surface area (Å²) < 4.78 is 15.4. The third-order valence-electron chi connectivity index (χ3n) is 2.84. The van der Waals surface area contributed by atoms with E-state index in [1.807, 2.05) is 11.5 Å². The molecule has 0 spiro atoms. The van der Waals surface area contributed by atoms with E-state index in [2.05, 4.69) is 4.98 Å². The highest BCUT2D eigenvalue weighted by Crippen LogP contribution is 2.25. The first-order chi connectivity index (χ1) is 8.00. The van der Waals surface area contributed by atoms with E-state index in [1.165, 1.54) is 6.07 Å². The predicted octanol–water partition coefficient (Wildman–Crippen LogP) is 2.68. The van der Waals surface area contributed by atoms with Crippen LogP contribution in [0.1, 0.15) is 30.0 Å². The molecular weight excluding hydrogens is 219 g/mol. The minimum Gasteiger partial charge on any atom is -0.389 e. The van der Waals surface area contributed by atoms with Crippen molar-refractivity contribution in [2.45, 2.75) is 26.9 Å². The number of hydrogen-bond donors (Lipinski definition) is 1. The molecule has 0 aliphatic carbocycles. The van der Waals surface area contributed by atoms with E-state index >= 15 is 0 Å². The lowest BCUT2D eigenvalue weighted by Gasteiger charge is -2.15. The van der Waals surface area contributed by atoms with E-state index in [9.17, 15) is 9.50 Å². The Kier molecular flexibility index (Phi) is 2.98. The van der Waals surface area contributed by atoms with Gasteiger partial charge in [-0.05, 0) is 38.5 Å². The molecule has 0 saturated carbocycles. The number of nitrogens with zero attached hydrogens (tertiary/aromatic N) is 2. The van der Waals surface area contributed by atoms with Crippen LogP contribution < -0.4 is 0 Å². The fraction of sp³-hybridized carbons (Fsp3) is 0.308. The second-order valence-corrected chi connectivity index (χ2v) is 4.18. The quantitative estimate of drug-likeness (QED) is 0.867. The molecule has 0 fully saturated rings. The van der Waals surface area contributed by atoms with Crippen LogP contribution in [0, 0.1) is 19.7 Å². The zero-order valence-corrected chi connectivity index (χ0v) is 10.1. The zero-order valence-electron chi connectivity index (χ0n) is 10.1. The molecule has 1 unspecified atom stereocenters. The summed E-state index contributed by atoms with van der Waals surface area (Å²) in [6, 6.07) is 3.11. The molecule has 4 heteroatoms. The summed E-state index contributed by atoms with van der Waals surface area (Å²) in [5.74, 6) is 0.500. The topological polar surface area (TPSA) is 38.0 Å². The molecule has 2 rings (SSSR count). The van der Waals surface area contributed by atoms with Crippen molar-refractivity contribution in [2.24, 2.45) is 0 Å². The van der Waals surface area contributed by atoms with Crippen LogP contribution in [0.5, 0.6) is 0 Å². The first-order valence-corrected chi connectivity index (χ1v) is 5.49. The minimum atomic E-state index is -0.720. The summed E-state index contributed by atoms with van der Waals surface area (Å²) in [6.45, 7) is 5.20. The molecule has 0 saturated heterocycles. The second-order valence-electron chi connectivity index (χ2n) is 4.18. The largest absolute Gasteiger partial charge is 0.389 e. The van der Waals surface area contributed by atoms with E-state index in [0.717, 1.165) is 11.5 Å². The van der Waals surface area contributed by atoms with Crippen LogP contribution >= 0.6 is 0 Å². The van der Waals surface area contributed by atoms with Gasteiger partial charge in [0, 0.05) is 18.0 Å². The summed E-state index contributed by atoms with van der Waals surface area (Å²) in [6.07, 6.45) is 2.76. The van der Waals surface area contributed by atoms with Crippen molar-refractivity contribution in [1.82, 2.24) is 9.55 Å². The first kappa shape index (κ1) is 11.8. The van der Waals surface area contributed by atoms with Crippen LogP contribution in [-0.4, -0.2) is 14.7 Å². The van der Waals surface area contributed by atoms with Gasteiger partial charge in [-0.2, -0.15) is 0 Å². The second kappa shape index (κ2) is 4.30. The fourth-order valence-corrected chi connectivity index (χ4v) is 1.86. The van der Waals surface area contributed by atoms with Crippen molar-refractivity contribution >= 4 is 0 Å². The maximum Gasteiger partial charge on any atom is 0.126 e. The van der Waals surface area contributed by atoms with E-state index in [1.54, 1.807) is 32.3 Å². The van der Waals surface area contributed by atoms with Crippen LogP contribution in [0.4, 0.5) is 4.39 Å². The number of aromatic nitrogens is 2. The lowest BCUT2D eigenvalue weighted by molar-refractivity contribution is 0.198. The van der Waals surface area contributed by atoms with Gasteiger partial charge in [0.2, 0.25) is 0 Å². The highest BCUT2D eigenvalue weighted by atomic mass is 19.1.